The molecule has 0 aliphatic carbocycles. The molecule has 0 amide bonds. The summed E-state index contributed by atoms with van der Waals surface area (Å²) in [6, 6.07) is 3.51. The molecule has 3 heterocycles. The van der Waals surface area contributed by atoms with Crippen molar-refractivity contribution in [2.24, 2.45) is 14.1 Å². The van der Waals surface area contributed by atoms with Gasteiger partial charge in [0, 0.05) is 20.3 Å². The predicted octanol–water partition coefficient (Wildman–Crippen LogP) is 0.530. The Balaban J connectivity index is 2.19. The largest absolute Gasteiger partial charge is 0.332 e. The summed E-state index contributed by atoms with van der Waals surface area (Å²) in [7, 11) is 3.04. The average molecular weight is 306 g/mol. The first-order valence-corrected chi connectivity index (χ1v) is 6.58. The SMILES string of the molecule is Cn1c(=O)c2c(ncn2Cc2ccc(Cl)nc2)n(C)c1=O. The van der Waals surface area contributed by atoms with Crippen molar-refractivity contribution < 1.29 is 0 Å². The second-order valence-corrected chi connectivity index (χ2v) is 5.13. The van der Waals surface area contributed by atoms with E-state index in [1.54, 1.807) is 30.2 Å². The Morgan fingerprint density at radius 1 is 1.14 bits per heavy atom. The van der Waals surface area contributed by atoms with Gasteiger partial charge in [0.1, 0.15) is 5.15 Å². The van der Waals surface area contributed by atoms with E-state index < -0.39 is 5.69 Å². The molecule has 0 radical (unpaired) electrons. The maximum absolute atomic E-state index is 12.3. The van der Waals surface area contributed by atoms with Crippen molar-refractivity contribution in [2.45, 2.75) is 6.54 Å². The second kappa shape index (κ2) is 4.85. The smallest absolute Gasteiger partial charge is 0.320 e. The Morgan fingerprint density at radius 2 is 1.90 bits per heavy atom. The number of rotatable bonds is 2. The summed E-state index contributed by atoms with van der Waals surface area (Å²) in [5, 5.41) is 0.410. The molecule has 0 unspecified atom stereocenters. The molecule has 0 bridgehead atoms. The van der Waals surface area contributed by atoms with E-state index in [1.165, 1.54) is 11.6 Å². The first-order valence-electron chi connectivity index (χ1n) is 6.20. The Hall–Kier alpha value is -2.41. The lowest BCUT2D eigenvalue weighted by Gasteiger charge is -2.06. The van der Waals surface area contributed by atoms with E-state index in [0.29, 0.717) is 22.9 Å². The molecular formula is C13H12ClN5O2. The van der Waals surface area contributed by atoms with Crippen molar-refractivity contribution in [3.05, 3.63) is 56.2 Å². The van der Waals surface area contributed by atoms with Gasteiger partial charge in [-0.2, -0.15) is 0 Å². The number of halogens is 1. The van der Waals surface area contributed by atoms with Crippen molar-refractivity contribution in [3.63, 3.8) is 0 Å². The van der Waals surface area contributed by atoms with E-state index in [1.807, 2.05) is 6.07 Å². The van der Waals surface area contributed by atoms with E-state index in [9.17, 15) is 9.59 Å². The van der Waals surface area contributed by atoms with Crippen molar-refractivity contribution in [1.82, 2.24) is 23.7 Å². The van der Waals surface area contributed by atoms with E-state index in [-0.39, 0.29) is 5.56 Å². The maximum atomic E-state index is 12.3. The number of imidazole rings is 1. The molecular weight excluding hydrogens is 294 g/mol. The van der Waals surface area contributed by atoms with E-state index in [0.717, 1.165) is 10.1 Å². The highest BCUT2D eigenvalue weighted by molar-refractivity contribution is 6.29. The van der Waals surface area contributed by atoms with Gasteiger partial charge in [0.15, 0.2) is 11.2 Å². The molecule has 3 aromatic heterocycles. The van der Waals surface area contributed by atoms with Crippen LogP contribution in [0.15, 0.2) is 34.2 Å². The lowest BCUT2D eigenvalue weighted by molar-refractivity contribution is 0.702. The summed E-state index contributed by atoms with van der Waals surface area (Å²) >= 11 is 5.75. The lowest BCUT2D eigenvalue weighted by Crippen LogP contribution is -2.37. The molecule has 0 fully saturated rings. The summed E-state index contributed by atoms with van der Waals surface area (Å²) in [5.41, 5.74) is 0.868. The van der Waals surface area contributed by atoms with Crippen molar-refractivity contribution in [2.75, 3.05) is 0 Å². The monoisotopic (exact) mass is 305 g/mol. The lowest BCUT2D eigenvalue weighted by atomic mass is 10.3. The third-order valence-corrected chi connectivity index (χ3v) is 3.58. The molecule has 0 saturated carbocycles. The predicted molar refractivity (Wildman–Crippen MR) is 78.6 cm³/mol. The molecule has 0 atom stereocenters. The summed E-state index contributed by atoms with van der Waals surface area (Å²) in [6.07, 6.45) is 3.18. The van der Waals surface area contributed by atoms with E-state index in [2.05, 4.69) is 9.97 Å². The van der Waals surface area contributed by atoms with Crippen LogP contribution in [-0.2, 0) is 20.6 Å². The van der Waals surface area contributed by atoms with Crippen LogP contribution in [0.3, 0.4) is 0 Å². The number of fused-ring (bicyclic) bond motifs is 1. The molecule has 0 spiro atoms. The number of aryl methyl sites for hydroxylation is 1. The highest BCUT2D eigenvalue weighted by Crippen LogP contribution is 2.10. The zero-order valence-electron chi connectivity index (χ0n) is 11.4. The molecule has 8 heteroatoms. The third-order valence-electron chi connectivity index (χ3n) is 3.36. The fraction of sp³-hybridized carbons (Fsp3) is 0.231. The van der Waals surface area contributed by atoms with Crippen LogP contribution < -0.4 is 11.2 Å². The minimum atomic E-state index is -0.397. The molecule has 7 nitrogen and oxygen atoms in total. The third kappa shape index (κ3) is 2.15. The first-order chi connectivity index (χ1) is 9.99. The van der Waals surface area contributed by atoms with E-state index >= 15 is 0 Å². The van der Waals surface area contributed by atoms with Crippen LogP contribution in [0.25, 0.3) is 11.2 Å². The number of hydrogen-bond acceptors (Lipinski definition) is 4. The van der Waals surface area contributed by atoms with Crippen LogP contribution >= 0.6 is 11.6 Å². The van der Waals surface area contributed by atoms with Gasteiger partial charge in [0.05, 0.1) is 12.9 Å². The van der Waals surface area contributed by atoms with Crippen LogP contribution in [-0.4, -0.2) is 23.7 Å². The normalized spacial score (nSPS) is 11.2. The molecule has 0 N–H and O–H groups in total. The Morgan fingerprint density at radius 3 is 2.57 bits per heavy atom. The summed E-state index contributed by atoms with van der Waals surface area (Å²) in [4.78, 5) is 32.3. The molecule has 21 heavy (non-hydrogen) atoms. The first kappa shape index (κ1) is 13.6. The van der Waals surface area contributed by atoms with Gasteiger partial charge in [-0.05, 0) is 11.6 Å². The highest BCUT2D eigenvalue weighted by Gasteiger charge is 2.14. The van der Waals surface area contributed by atoms with Crippen molar-refractivity contribution in [1.29, 1.82) is 0 Å². The average Bonchev–Trinajstić information content (AvgIpc) is 2.89. The molecule has 0 aliphatic heterocycles. The van der Waals surface area contributed by atoms with Gasteiger partial charge in [-0.25, -0.2) is 14.8 Å². The molecule has 3 rings (SSSR count). The Kier molecular flexibility index (Phi) is 3.13. The Labute approximate surface area is 124 Å². The van der Waals surface area contributed by atoms with Gasteiger partial charge in [0.2, 0.25) is 0 Å². The molecule has 3 aromatic rings. The topological polar surface area (TPSA) is 74.7 Å². The van der Waals surface area contributed by atoms with Crippen LogP contribution in [0, 0.1) is 0 Å². The molecule has 0 saturated heterocycles. The van der Waals surface area contributed by atoms with Gasteiger partial charge < -0.3 is 4.57 Å². The summed E-state index contributed by atoms with van der Waals surface area (Å²) < 4.78 is 4.12. The van der Waals surface area contributed by atoms with E-state index in [4.69, 9.17) is 11.6 Å². The van der Waals surface area contributed by atoms with Gasteiger partial charge in [0.25, 0.3) is 5.56 Å². The minimum Gasteiger partial charge on any atom is -0.320 e. The fourth-order valence-corrected chi connectivity index (χ4v) is 2.33. The van der Waals surface area contributed by atoms with Crippen LogP contribution in [0.1, 0.15) is 5.56 Å². The zero-order valence-corrected chi connectivity index (χ0v) is 12.2. The second-order valence-electron chi connectivity index (χ2n) is 4.74. The van der Waals surface area contributed by atoms with Crippen LogP contribution in [0.2, 0.25) is 5.15 Å². The highest BCUT2D eigenvalue weighted by atomic mass is 35.5. The van der Waals surface area contributed by atoms with Crippen LogP contribution in [0.4, 0.5) is 0 Å². The number of aromatic nitrogens is 5. The summed E-state index contributed by atoms with van der Waals surface area (Å²) in [5.74, 6) is 0. The minimum absolute atomic E-state index is 0.366. The maximum Gasteiger partial charge on any atom is 0.332 e. The van der Waals surface area contributed by atoms with Gasteiger partial charge >= 0.3 is 5.69 Å². The fourth-order valence-electron chi connectivity index (χ4n) is 2.21. The number of nitrogens with zero attached hydrogens (tertiary/aromatic N) is 5. The quantitative estimate of drug-likeness (QED) is 0.647. The van der Waals surface area contributed by atoms with Gasteiger partial charge in [-0.15, -0.1) is 0 Å². The summed E-state index contributed by atoms with van der Waals surface area (Å²) in [6.45, 7) is 0.425. The standard InChI is InChI=1S/C13H12ClN5O2/c1-17-11-10(12(20)18(2)13(17)21)19(7-16-11)6-8-3-4-9(14)15-5-8/h3-5,7H,6H2,1-2H3. The molecule has 0 aromatic carbocycles. The van der Waals surface area contributed by atoms with Gasteiger partial charge in [-0.3, -0.25) is 13.9 Å². The van der Waals surface area contributed by atoms with Crippen molar-refractivity contribution >= 4 is 22.8 Å². The van der Waals surface area contributed by atoms with Gasteiger partial charge in [-0.1, -0.05) is 17.7 Å². The molecule has 108 valence electrons. The van der Waals surface area contributed by atoms with Crippen molar-refractivity contribution in [3.8, 4) is 0 Å². The zero-order chi connectivity index (χ0) is 15.1. The van der Waals surface area contributed by atoms with Crippen LogP contribution in [0.5, 0.6) is 0 Å². The number of pyridine rings is 1. The molecule has 0 aliphatic rings. The Bertz CT molecular complexity index is 936. The number of hydrogen-bond donors (Lipinski definition) is 0.